The molecule has 0 bridgehead atoms. The number of nitrogens with zero attached hydrogens (tertiary/aromatic N) is 3. The molecule has 1 aromatic rings. The van der Waals surface area contributed by atoms with Gasteiger partial charge in [0.2, 0.25) is 0 Å². The van der Waals surface area contributed by atoms with Crippen molar-refractivity contribution in [3.63, 3.8) is 0 Å². The number of carboxylic acid groups (broad SMARTS) is 1. The number of nitrogens with one attached hydrogen (secondary N) is 1. The van der Waals surface area contributed by atoms with E-state index in [1.807, 2.05) is 0 Å². The van der Waals surface area contributed by atoms with Crippen LogP contribution in [-0.4, -0.2) is 45.7 Å². The summed E-state index contributed by atoms with van der Waals surface area (Å²) in [6, 6.07) is -0.493. The lowest BCUT2D eigenvalue weighted by atomic mass is 10.2. The van der Waals surface area contributed by atoms with E-state index in [4.69, 9.17) is 5.11 Å². The predicted molar refractivity (Wildman–Crippen MR) is 57.4 cm³/mol. The van der Waals surface area contributed by atoms with E-state index in [0.29, 0.717) is 25.5 Å². The summed E-state index contributed by atoms with van der Waals surface area (Å²) in [6.45, 7) is 0.842. The molecule has 19 heavy (non-hydrogen) atoms. The van der Waals surface area contributed by atoms with Gasteiger partial charge in [0.05, 0.1) is 11.6 Å². The maximum Gasteiger partial charge on any atom is 0.419 e. The Hall–Kier alpha value is -1.90. The van der Waals surface area contributed by atoms with Crippen molar-refractivity contribution in [2.75, 3.05) is 19.6 Å². The van der Waals surface area contributed by atoms with Gasteiger partial charge in [0.25, 0.3) is 0 Å². The Morgan fingerprint density at radius 2 is 2.05 bits per heavy atom. The average Bonchev–Trinajstić information content (AvgIpc) is 2.38. The molecule has 1 aromatic heterocycles. The second kappa shape index (κ2) is 5.00. The lowest BCUT2D eigenvalue weighted by molar-refractivity contribution is -0.138. The monoisotopic (exact) mass is 276 g/mol. The van der Waals surface area contributed by atoms with E-state index in [2.05, 4.69) is 15.3 Å². The largest absolute Gasteiger partial charge is 0.465 e. The minimum atomic E-state index is -4.48. The zero-order valence-corrected chi connectivity index (χ0v) is 9.68. The molecule has 0 radical (unpaired) electrons. The number of alkyl halides is 3. The SMILES string of the molecule is O=C(O)N1CCN[C@@H](c2ncc(C(F)(F)F)cn2)C1. The summed E-state index contributed by atoms with van der Waals surface area (Å²) in [5.74, 6) is 0.152. The summed E-state index contributed by atoms with van der Waals surface area (Å²) in [5, 5.41) is 11.8. The first-order valence-electron chi connectivity index (χ1n) is 5.48. The number of hydrogen-bond acceptors (Lipinski definition) is 4. The summed E-state index contributed by atoms with van der Waals surface area (Å²) in [7, 11) is 0. The van der Waals surface area contributed by atoms with Crippen molar-refractivity contribution in [2.24, 2.45) is 0 Å². The van der Waals surface area contributed by atoms with Crippen molar-refractivity contribution >= 4 is 6.09 Å². The zero-order valence-electron chi connectivity index (χ0n) is 9.68. The smallest absolute Gasteiger partial charge is 0.419 e. The first kappa shape index (κ1) is 13.5. The van der Waals surface area contributed by atoms with Gasteiger partial charge in [0.1, 0.15) is 5.82 Å². The molecule has 1 aliphatic rings. The number of aromatic nitrogens is 2. The first-order valence-corrected chi connectivity index (χ1v) is 5.48. The van der Waals surface area contributed by atoms with Crippen LogP contribution in [0.5, 0.6) is 0 Å². The Balaban J connectivity index is 2.12. The predicted octanol–water partition coefficient (Wildman–Crippen LogP) is 1.12. The van der Waals surface area contributed by atoms with E-state index >= 15 is 0 Å². The van der Waals surface area contributed by atoms with Gasteiger partial charge in [0.15, 0.2) is 0 Å². The van der Waals surface area contributed by atoms with Crippen LogP contribution in [0.1, 0.15) is 17.4 Å². The van der Waals surface area contributed by atoms with Crippen molar-refractivity contribution in [1.29, 1.82) is 0 Å². The van der Waals surface area contributed by atoms with Crippen molar-refractivity contribution in [2.45, 2.75) is 12.2 Å². The van der Waals surface area contributed by atoms with Crippen LogP contribution < -0.4 is 5.32 Å². The van der Waals surface area contributed by atoms with Crippen LogP contribution in [0.4, 0.5) is 18.0 Å². The number of carbonyl (C=O) groups is 1. The molecule has 2 rings (SSSR count). The molecule has 0 spiro atoms. The fourth-order valence-electron chi connectivity index (χ4n) is 1.76. The van der Waals surface area contributed by atoms with Crippen molar-refractivity contribution in [3.05, 3.63) is 23.8 Å². The normalized spacial score (nSPS) is 20.4. The molecule has 0 unspecified atom stereocenters. The second-order valence-corrected chi connectivity index (χ2v) is 4.06. The molecule has 9 heteroatoms. The molecular formula is C10H11F3N4O2. The van der Waals surface area contributed by atoms with Gasteiger partial charge in [0, 0.05) is 32.0 Å². The van der Waals surface area contributed by atoms with Gasteiger partial charge in [-0.3, -0.25) is 0 Å². The topological polar surface area (TPSA) is 78.4 Å². The number of hydrogen-bond donors (Lipinski definition) is 2. The molecule has 104 valence electrons. The molecule has 2 N–H and O–H groups in total. The molecule has 0 aromatic carbocycles. The van der Waals surface area contributed by atoms with E-state index in [9.17, 15) is 18.0 Å². The third-order valence-electron chi connectivity index (χ3n) is 2.76. The molecule has 2 heterocycles. The molecule has 1 fully saturated rings. The highest BCUT2D eigenvalue weighted by molar-refractivity contribution is 5.65. The third-order valence-corrected chi connectivity index (χ3v) is 2.76. The summed E-state index contributed by atoms with van der Waals surface area (Å²) in [6.07, 6.45) is -4.16. The Bertz CT molecular complexity index is 463. The van der Waals surface area contributed by atoms with Crippen LogP contribution in [-0.2, 0) is 6.18 Å². The molecule has 0 aliphatic carbocycles. The number of rotatable bonds is 1. The highest BCUT2D eigenvalue weighted by Crippen LogP contribution is 2.28. The van der Waals surface area contributed by atoms with Crippen molar-refractivity contribution in [1.82, 2.24) is 20.2 Å². The quantitative estimate of drug-likeness (QED) is 0.803. The van der Waals surface area contributed by atoms with Gasteiger partial charge in [-0.25, -0.2) is 14.8 Å². The van der Waals surface area contributed by atoms with Crippen LogP contribution in [0.3, 0.4) is 0 Å². The van der Waals surface area contributed by atoms with Crippen LogP contribution in [0, 0.1) is 0 Å². The van der Waals surface area contributed by atoms with Gasteiger partial charge in [-0.15, -0.1) is 0 Å². The maximum atomic E-state index is 12.3. The molecule has 1 aliphatic heterocycles. The summed E-state index contributed by atoms with van der Waals surface area (Å²) >= 11 is 0. The molecule has 1 saturated heterocycles. The van der Waals surface area contributed by atoms with Crippen molar-refractivity contribution in [3.8, 4) is 0 Å². The fraction of sp³-hybridized carbons (Fsp3) is 0.500. The number of piperazine rings is 1. The Morgan fingerprint density at radius 3 is 2.58 bits per heavy atom. The van der Waals surface area contributed by atoms with E-state index in [0.717, 1.165) is 0 Å². The van der Waals surface area contributed by atoms with E-state index < -0.39 is 23.9 Å². The molecule has 6 nitrogen and oxygen atoms in total. The minimum Gasteiger partial charge on any atom is -0.465 e. The first-order chi connectivity index (χ1) is 8.88. The Labute approximate surface area is 106 Å². The molecular weight excluding hydrogens is 265 g/mol. The zero-order chi connectivity index (χ0) is 14.0. The molecule has 1 amide bonds. The van der Waals surface area contributed by atoms with Crippen LogP contribution in [0.2, 0.25) is 0 Å². The van der Waals surface area contributed by atoms with Gasteiger partial charge in [-0.1, -0.05) is 0 Å². The summed E-state index contributed by atoms with van der Waals surface area (Å²) in [5.41, 5.74) is -0.929. The van der Waals surface area contributed by atoms with Crippen molar-refractivity contribution < 1.29 is 23.1 Å². The molecule has 0 saturated carbocycles. The Kier molecular flexibility index (Phi) is 3.56. The highest BCUT2D eigenvalue weighted by atomic mass is 19.4. The van der Waals surface area contributed by atoms with E-state index in [1.165, 1.54) is 4.90 Å². The van der Waals surface area contributed by atoms with Gasteiger partial charge >= 0.3 is 12.3 Å². The van der Waals surface area contributed by atoms with Crippen LogP contribution in [0.25, 0.3) is 0 Å². The number of halogens is 3. The number of amides is 1. The summed E-state index contributed by atoms with van der Waals surface area (Å²) < 4.78 is 37.0. The van der Waals surface area contributed by atoms with Gasteiger partial charge in [-0.05, 0) is 0 Å². The Morgan fingerprint density at radius 1 is 1.42 bits per heavy atom. The molecule has 1 atom stereocenters. The standard InChI is InChI=1S/C10H11F3N4O2/c11-10(12,13)6-3-15-8(16-4-6)7-5-17(9(18)19)2-1-14-7/h3-4,7,14H,1-2,5H2,(H,18,19)/t7-/m1/s1. The minimum absolute atomic E-state index is 0.112. The van der Waals surface area contributed by atoms with E-state index in [-0.39, 0.29) is 12.4 Å². The summed E-state index contributed by atoms with van der Waals surface area (Å²) in [4.78, 5) is 19.3. The lowest BCUT2D eigenvalue weighted by Crippen LogP contribution is -2.48. The van der Waals surface area contributed by atoms with Gasteiger partial charge < -0.3 is 15.3 Å². The maximum absolute atomic E-state index is 12.3. The second-order valence-electron chi connectivity index (χ2n) is 4.06. The highest BCUT2D eigenvalue weighted by Gasteiger charge is 2.32. The lowest BCUT2D eigenvalue weighted by Gasteiger charge is -2.30. The average molecular weight is 276 g/mol. The van der Waals surface area contributed by atoms with Gasteiger partial charge in [-0.2, -0.15) is 13.2 Å². The van der Waals surface area contributed by atoms with Crippen LogP contribution >= 0.6 is 0 Å². The fourth-order valence-corrected chi connectivity index (χ4v) is 1.76. The third kappa shape index (κ3) is 3.11. The van der Waals surface area contributed by atoms with E-state index in [1.54, 1.807) is 0 Å². The van der Waals surface area contributed by atoms with Crippen LogP contribution in [0.15, 0.2) is 12.4 Å².